The molecule has 0 saturated carbocycles. The molecule has 0 spiro atoms. The van der Waals surface area contributed by atoms with E-state index in [2.05, 4.69) is 15.4 Å². The zero-order valence-electron chi connectivity index (χ0n) is 10.7. The van der Waals surface area contributed by atoms with Crippen LogP contribution in [0.3, 0.4) is 0 Å². The maximum absolute atomic E-state index is 13.4. The minimum absolute atomic E-state index is 0.366. The van der Waals surface area contributed by atoms with E-state index in [-0.39, 0.29) is 5.82 Å². The number of rotatable bonds is 4. The largest absolute Gasteiger partial charge is 0.377 e. The summed E-state index contributed by atoms with van der Waals surface area (Å²) in [6, 6.07) is 13.3. The Morgan fingerprint density at radius 1 is 1.10 bits per heavy atom. The van der Waals surface area contributed by atoms with Gasteiger partial charge in [0.25, 0.3) is 0 Å². The number of hydrogen-bond acceptors (Lipinski definition) is 3. The van der Waals surface area contributed by atoms with Crippen LogP contribution in [0.25, 0.3) is 5.69 Å². The van der Waals surface area contributed by atoms with Crippen molar-refractivity contribution in [2.75, 3.05) is 5.32 Å². The smallest absolute Gasteiger partial charge is 0.164 e. The number of nitrogens with zero attached hydrogens (tertiary/aromatic N) is 3. The molecule has 1 N–H and O–H groups in total. The third-order valence-corrected chi connectivity index (χ3v) is 2.90. The zero-order valence-corrected chi connectivity index (χ0v) is 10.7. The quantitative estimate of drug-likeness (QED) is 0.791. The van der Waals surface area contributed by atoms with Crippen molar-refractivity contribution in [3.63, 3.8) is 0 Å². The minimum atomic E-state index is -0.366. The normalized spacial score (nSPS) is 10.4. The average molecular weight is 268 g/mol. The molecule has 1 aromatic carbocycles. The molecule has 0 saturated heterocycles. The van der Waals surface area contributed by atoms with Gasteiger partial charge in [0.2, 0.25) is 0 Å². The summed E-state index contributed by atoms with van der Waals surface area (Å²) in [5.41, 5.74) is 2.26. The molecule has 0 amide bonds. The van der Waals surface area contributed by atoms with Gasteiger partial charge in [0.1, 0.15) is 0 Å². The van der Waals surface area contributed by atoms with Crippen molar-refractivity contribution in [1.82, 2.24) is 14.8 Å². The monoisotopic (exact) mass is 268 g/mol. The highest BCUT2D eigenvalue weighted by atomic mass is 19.1. The van der Waals surface area contributed by atoms with Gasteiger partial charge in [0.15, 0.2) is 5.82 Å². The van der Waals surface area contributed by atoms with Gasteiger partial charge in [-0.3, -0.25) is 4.98 Å². The van der Waals surface area contributed by atoms with E-state index in [4.69, 9.17) is 0 Å². The van der Waals surface area contributed by atoms with Gasteiger partial charge in [-0.15, -0.1) is 0 Å². The Kier molecular flexibility index (Phi) is 3.41. The molecule has 4 nitrogen and oxygen atoms in total. The van der Waals surface area contributed by atoms with Crippen LogP contribution < -0.4 is 5.32 Å². The zero-order chi connectivity index (χ0) is 13.8. The fraction of sp³-hybridized carbons (Fsp3) is 0.0667. The molecule has 0 aliphatic heterocycles. The standard InChI is InChI=1S/C15H13FN4/c16-14-11-17-8-6-15(14)18-10-12-7-9-20(19-12)13-4-2-1-3-5-13/h1-9,11H,10H2,(H,17,18). The van der Waals surface area contributed by atoms with E-state index in [0.29, 0.717) is 12.2 Å². The van der Waals surface area contributed by atoms with Gasteiger partial charge in [0.05, 0.1) is 29.8 Å². The number of para-hydroxylation sites is 1. The highest BCUT2D eigenvalue weighted by Gasteiger charge is 2.03. The van der Waals surface area contributed by atoms with Crippen molar-refractivity contribution in [3.8, 4) is 5.69 Å². The summed E-state index contributed by atoms with van der Waals surface area (Å²) in [7, 11) is 0. The van der Waals surface area contributed by atoms with Crippen molar-refractivity contribution in [1.29, 1.82) is 0 Å². The van der Waals surface area contributed by atoms with E-state index in [1.165, 1.54) is 6.20 Å². The Balaban J connectivity index is 1.71. The first kappa shape index (κ1) is 12.3. The highest BCUT2D eigenvalue weighted by molar-refractivity contribution is 5.42. The molecule has 20 heavy (non-hydrogen) atoms. The lowest BCUT2D eigenvalue weighted by molar-refractivity contribution is 0.623. The molecule has 0 aliphatic rings. The Morgan fingerprint density at radius 3 is 2.75 bits per heavy atom. The summed E-state index contributed by atoms with van der Waals surface area (Å²) >= 11 is 0. The van der Waals surface area contributed by atoms with Crippen LogP contribution in [0, 0.1) is 5.82 Å². The first-order valence-electron chi connectivity index (χ1n) is 6.26. The maximum atomic E-state index is 13.4. The lowest BCUT2D eigenvalue weighted by Gasteiger charge is -2.05. The van der Waals surface area contributed by atoms with Crippen molar-refractivity contribution in [3.05, 3.63) is 72.6 Å². The third kappa shape index (κ3) is 2.66. The van der Waals surface area contributed by atoms with E-state index < -0.39 is 0 Å². The summed E-state index contributed by atoms with van der Waals surface area (Å²) < 4.78 is 15.2. The van der Waals surface area contributed by atoms with Gasteiger partial charge in [-0.2, -0.15) is 5.10 Å². The molecule has 0 unspecified atom stereocenters. The van der Waals surface area contributed by atoms with Crippen LogP contribution in [0.5, 0.6) is 0 Å². The number of hydrogen-bond donors (Lipinski definition) is 1. The number of nitrogens with one attached hydrogen (secondary N) is 1. The number of benzene rings is 1. The summed E-state index contributed by atoms with van der Waals surface area (Å²) in [5, 5.41) is 7.44. The SMILES string of the molecule is Fc1cnccc1NCc1ccn(-c2ccccc2)n1. The molecule has 0 bridgehead atoms. The van der Waals surface area contributed by atoms with Crippen molar-refractivity contribution >= 4 is 5.69 Å². The molecule has 0 aliphatic carbocycles. The van der Waals surface area contributed by atoms with Crippen molar-refractivity contribution in [2.24, 2.45) is 0 Å². The van der Waals surface area contributed by atoms with E-state index in [0.717, 1.165) is 11.4 Å². The Morgan fingerprint density at radius 2 is 1.95 bits per heavy atom. The Bertz CT molecular complexity index is 694. The number of halogens is 1. The van der Waals surface area contributed by atoms with E-state index in [1.54, 1.807) is 16.9 Å². The molecule has 3 rings (SSSR count). The van der Waals surface area contributed by atoms with Gasteiger partial charge in [0, 0.05) is 12.4 Å². The van der Waals surface area contributed by atoms with Gasteiger partial charge >= 0.3 is 0 Å². The molecule has 0 radical (unpaired) electrons. The predicted molar refractivity (Wildman–Crippen MR) is 75.1 cm³/mol. The van der Waals surface area contributed by atoms with Crippen molar-refractivity contribution in [2.45, 2.75) is 6.54 Å². The predicted octanol–water partition coefficient (Wildman–Crippen LogP) is 3.02. The Hall–Kier alpha value is -2.69. The number of pyridine rings is 1. The third-order valence-electron chi connectivity index (χ3n) is 2.90. The fourth-order valence-electron chi connectivity index (χ4n) is 1.88. The van der Waals surface area contributed by atoms with Crippen LogP contribution in [0.4, 0.5) is 10.1 Å². The van der Waals surface area contributed by atoms with Crippen LogP contribution in [0.15, 0.2) is 61.1 Å². The molecule has 100 valence electrons. The summed E-state index contributed by atoms with van der Waals surface area (Å²) in [6.45, 7) is 0.459. The van der Waals surface area contributed by atoms with Gasteiger partial charge < -0.3 is 5.32 Å². The lowest BCUT2D eigenvalue weighted by Crippen LogP contribution is -2.03. The molecule has 2 heterocycles. The van der Waals surface area contributed by atoms with Gasteiger partial charge in [-0.05, 0) is 24.3 Å². The average Bonchev–Trinajstić information content (AvgIpc) is 2.96. The Labute approximate surface area is 115 Å². The summed E-state index contributed by atoms with van der Waals surface area (Å²) in [6.07, 6.45) is 4.62. The molecule has 2 aromatic heterocycles. The maximum Gasteiger partial charge on any atom is 0.164 e. The second-order valence-corrected chi connectivity index (χ2v) is 4.30. The molecular formula is C15H13FN4. The van der Waals surface area contributed by atoms with Crippen LogP contribution in [0.1, 0.15) is 5.69 Å². The summed E-state index contributed by atoms with van der Waals surface area (Å²) in [4.78, 5) is 3.71. The molecule has 0 fully saturated rings. The molecule has 3 aromatic rings. The van der Waals surface area contributed by atoms with Crippen LogP contribution in [-0.4, -0.2) is 14.8 Å². The molecule has 0 atom stereocenters. The highest BCUT2D eigenvalue weighted by Crippen LogP contribution is 2.13. The van der Waals surface area contributed by atoms with Crippen LogP contribution in [-0.2, 0) is 6.54 Å². The molecule has 5 heteroatoms. The fourth-order valence-corrected chi connectivity index (χ4v) is 1.88. The van der Waals surface area contributed by atoms with Gasteiger partial charge in [-0.25, -0.2) is 9.07 Å². The van der Waals surface area contributed by atoms with E-state index in [1.807, 2.05) is 42.6 Å². The van der Waals surface area contributed by atoms with Crippen LogP contribution in [0.2, 0.25) is 0 Å². The molecular weight excluding hydrogens is 255 g/mol. The summed E-state index contributed by atoms with van der Waals surface area (Å²) in [5.74, 6) is -0.366. The first-order chi connectivity index (χ1) is 9.83. The first-order valence-corrected chi connectivity index (χ1v) is 6.26. The van der Waals surface area contributed by atoms with E-state index in [9.17, 15) is 4.39 Å². The van der Waals surface area contributed by atoms with Crippen molar-refractivity contribution < 1.29 is 4.39 Å². The lowest BCUT2D eigenvalue weighted by atomic mass is 10.3. The van der Waals surface area contributed by atoms with E-state index >= 15 is 0 Å². The number of aromatic nitrogens is 3. The topological polar surface area (TPSA) is 42.7 Å². The minimum Gasteiger partial charge on any atom is -0.377 e. The number of anilines is 1. The van der Waals surface area contributed by atoms with Crippen LogP contribution >= 0.6 is 0 Å². The second-order valence-electron chi connectivity index (χ2n) is 4.30. The second kappa shape index (κ2) is 5.52. The van der Waals surface area contributed by atoms with Gasteiger partial charge in [-0.1, -0.05) is 18.2 Å².